The number of hydrogen-bond acceptors (Lipinski definition) is 5. The van der Waals surface area contributed by atoms with E-state index in [1.54, 1.807) is 0 Å². The van der Waals surface area contributed by atoms with E-state index in [0.29, 0.717) is 12.1 Å². The molecule has 118 valence electrons. The van der Waals surface area contributed by atoms with Crippen LogP contribution in [0.4, 0.5) is 22.9 Å². The number of ether oxygens (including phenoxy) is 1. The molecule has 2 N–H and O–H groups in total. The maximum Gasteiger partial charge on any atom is 0.135 e. The van der Waals surface area contributed by atoms with E-state index >= 15 is 0 Å². The first-order valence-electron chi connectivity index (χ1n) is 8.34. The van der Waals surface area contributed by atoms with Gasteiger partial charge in [-0.05, 0) is 37.1 Å². The van der Waals surface area contributed by atoms with Gasteiger partial charge in [0.1, 0.15) is 5.82 Å². The zero-order valence-corrected chi connectivity index (χ0v) is 13.0. The van der Waals surface area contributed by atoms with Crippen LogP contribution in [0, 0.1) is 0 Å². The molecule has 0 aliphatic carbocycles. The number of pyridine rings is 1. The maximum absolute atomic E-state index is 5.83. The molecule has 0 spiro atoms. The van der Waals surface area contributed by atoms with Crippen LogP contribution >= 0.6 is 0 Å². The van der Waals surface area contributed by atoms with Crippen LogP contribution in [-0.4, -0.2) is 30.3 Å². The summed E-state index contributed by atoms with van der Waals surface area (Å²) in [5, 5.41) is 6.99. The Morgan fingerprint density at radius 1 is 1.17 bits per heavy atom. The van der Waals surface area contributed by atoms with Gasteiger partial charge in [0.25, 0.3) is 0 Å². The van der Waals surface area contributed by atoms with Gasteiger partial charge in [-0.15, -0.1) is 0 Å². The first-order valence-corrected chi connectivity index (χ1v) is 8.34. The molecule has 4 aliphatic rings. The van der Waals surface area contributed by atoms with Crippen molar-refractivity contribution in [2.75, 3.05) is 28.7 Å². The molecule has 5 heteroatoms. The molecule has 2 bridgehead atoms. The van der Waals surface area contributed by atoms with Crippen molar-refractivity contribution >= 4 is 22.9 Å². The second-order valence-corrected chi connectivity index (χ2v) is 6.56. The summed E-state index contributed by atoms with van der Waals surface area (Å²) in [7, 11) is 0. The summed E-state index contributed by atoms with van der Waals surface area (Å²) in [6.07, 6.45) is 4.67. The van der Waals surface area contributed by atoms with Crippen molar-refractivity contribution in [2.45, 2.75) is 31.5 Å². The number of nitrogens with zero attached hydrogens (tertiary/aromatic N) is 2. The van der Waals surface area contributed by atoms with Crippen LogP contribution in [0.5, 0.6) is 0 Å². The molecule has 0 saturated carbocycles. The van der Waals surface area contributed by atoms with Crippen LogP contribution in [0.3, 0.4) is 0 Å². The van der Waals surface area contributed by atoms with Gasteiger partial charge in [-0.1, -0.05) is 6.07 Å². The summed E-state index contributed by atoms with van der Waals surface area (Å²) in [4.78, 5) is 6.95. The number of rotatable bonds is 1. The average Bonchev–Trinajstić information content (AvgIpc) is 2.81. The predicted molar refractivity (Wildman–Crippen MR) is 91.4 cm³/mol. The fourth-order valence-corrected chi connectivity index (χ4v) is 3.84. The van der Waals surface area contributed by atoms with E-state index in [1.807, 2.05) is 12.3 Å². The molecule has 3 saturated heterocycles. The quantitative estimate of drug-likeness (QED) is 0.848. The highest BCUT2D eigenvalue weighted by Gasteiger charge is 2.34. The van der Waals surface area contributed by atoms with Crippen molar-refractivity contribution in [2.24, 2.45) is 0 Å². The molecule has 1 aromatic carbocycles. The van der Waals surface area contributed by atoms with Crippen molar-refractivity contribution < 1.29 is 4.74 Å². The normalized spacial score (nSPS) is 25.0. The van der Waals surface area contributed by atoms with E-state index in [9.17, 15) is 0 Å². The van der Waals surface area contributed by atoms with E-state index < -0.39 is 0 Å². The van der Waals surface area contributed by atoms with Crippen molar-refractivity contribution in [3.63, 3.8) is 0 Å². The van der Waals surface area contributed by atoms with Crippen LogP contribution in [0.1, 0.15) is 18.4 Å². The first kappa shape index (κ1) is 13.2. The molecule has 4 aliphatic heterocycles. The largest absolute Gasteiger partial charge is 0.379 e. The third-order valence-corrected chi connectivity index (χ3v) is 5.14. The number of piperidine rings is 1. The predicted octanol–water partition coefficient (Wildman–Crippen LogP) is 3.12. The summed E-state index contributed by atoms with van der Waals surface area (Å²) in [5.41, 5.74) is 4.71. The van der Waals surface area contributed by atoms with Crippen LogP contribution in [0.2, 0.25) is 0 Å². The van der Waals surface area contributed by atoms with Crippen molar-refractivity contribution in [3.05, 3.63) is 42.1 Å². The Morgan fingerprint density at radius 3 is 3.00 bits per heavy atom. The van der Waals surface area contributed by atoms with Gasteiger partial charge in [0.2, 0.25) is 0 Å². The van der Waals surface area contributed by atoms with E-state index in [0.717, 1.165) is 36.9 Å². The monoisotopic (exact) mass is 308 g/mol. The van der Waals surface area contributed by atoms with Crippen molar-refractivity contribution in [1.29, 1.82) is 0 Å². The van der Waals surface area contributed by atoms with E-state index in [-0.39, 0.29) is 0 Å². The fourth-order valence-electron chi connectivity index (χ4n) is 3.84. The number of aromatic nitrogens is 1. The first-order chi connectivity index (χ1) is 11.4. The molecule has 0 radical (unpaired) electrons. The lowest BCUT2D eigenvalue weighted by atomic mass is 9.96. The standard InChI is InChI=1S/C18H20N4O/c1-2-12-9-20-17-8-13(4-6-16(17)21-18(12)19-7-1)22-10-15-5-3-14(22)11-23-15/h1-2,4,6-8,14-15,20H,3,5,9-11H2,(H,19,21)/t14-,15+/m1/s1. The van der Waals surface area contributed by atoms with E-state index in [1.165, 1.54) is 24.1 Å². The molecule has 1 aromatic heterocycles. The lowest BCUT2D eigenvalue weighted by Gasteiger charge is -2.46. The number of nitrogens with one attached hydrogen (secondary N) is 2. The molecule has 5 heterocycles. The maximum atomic E-state index is 5.83. The third kappa shape index (κ3) is 2.23. The van der Waals surface area contributed by atoms with Gasteiger partial charge >= 0.3 is 0 Å². The Labute approximate surface area is 135 Å². The number of morpholine rings is 1. The van der Waals surface area contributed by atoms with Gasteiger partial charge in [0, 0.05) is 30.5 Å². The minimum absolute atomic E-state index is 0.401. The Bertz CT molecular complexity index is 740. The smallest absolute Gasteiger partial charge is 0.135 e. The third-order valence-electron chi connectivity index (χ3n) is 5.14. The molecular weight excluding hydrogens is 288 g/mol. The number of fused-ring (bicyclic) bond motifs is 5. The van der Waals surface area contributed by atoms with Gasteiger partial charge in [0.15, 0.2) is 0 Å². The zero-order chi connectivity index (χ0) is 15.2. The van der Waals surface area contributed by atoms with Crippen molar-refractivity contribution in [1.82, 2.24) is 4.98 Å². The van der Waals surface area contributed by atoms with Crippen LogP contribution in [0.25, 0.3) is 0 Å². The van der Waals surface area contributed by atoms with E-state index in [2.05, 4.69) is 44.8 Å². The van der Waals surface area contributed by atoms with Gasteiger partial charge in [-0.2, -0.15) is 0 Å². The average molecular weight is 308 g/mol. The SMILES string of the molecule is c1cnc2c(c1)CNc1cc(N3C[C@@H]4CC[C@@H]3CO4)ccc1N2. The Kier molecular flexibility index (Phi) is 2.94. The molecule has 6 rings (SSSR count). The minimum Gasteiger partial charge on any atom is -0.379 e. The highest BCUT2D eigenvalue weighted by molar-refractivity contribution is 5.80. The highest BCUT2D eigenvalue weighted by Crippen LogP contribution is 2.37. The second-order valence-electron chi connectivity index (χ2n) is 6.56. The van der Waals surface area contributed by atoms with Gasteiger partial charge in [0.05, 0.1) is 30.1 Å². The van der Waals surface area contributed by atoms with E-state index in [4.69, 9.17) is 4.74 Å². The molecule has 2 atom stereocenters. The lowest BCUT2D eigenvalue weighted by molar-refractivity contribution is -0.0225. The molecule has 0 unspecified atom stereocenters. The minimum atomic E-state index is 0.401. The summed E-state index contributed by atoms with van der Waals surface area (Å²) in [6, 6.07) is 11.2. The topological polar surface area (TPSA) is 49.4 Å². The van der Waals surface area contributed by atoms with Gasteiger partial charge in [-0.3, -0.25) is 0 Å². The van der Waals surface area contributed by atoms with Gasteiger partial charge < -0.3 is 20.3 Å². The molecule has 2 aromatic rings. The van der Waals surface area contributed by atoms with Crippen molar-refractivity contribution in [3.8, 4) is 0 Å². The second kappa shape index (κ2) is 5.13. The fraction of sp³-hybridized carbons (Fsp3) is 0.389. The Balaban J connectivity index is 1.47. The van der Waals surface area contributed by atoms with Crippen LogP contribution in [0.15, 0.2) is 36.5 Å². The highest BCUT2D eigenvalue weighted by atomic mass is 16.5. The zero-order valence-electron chi connectivity index (χ0n) is 13.0. The molecule has 5 nitrogen and oxygen atoms in total. The number of benzene rings is 1. The summed E-state index contributed by atoms with van der Waals surface area (Å²) < 4.78 is 5.83. The Morgan fingerprint density at radius 2 is 2.17 bits per heavy atom. The summed E-state index contributed by atoms with van der Waals surface area (Å²) in [6.45, 7) is 2.67. The lowest BCUT2D eigenvalue weighted by Crippen LogP contribution is -2.54. The molecule has 23 heavy (non-hydrogen) atoms. The molecular formula is C18H20N4O. The van der Waals surface area contributed by atoms with Crippen LogP contribution in [-0.2, 0) is 11.3 Å². The molecule has 3 fully saturated rings. The summed E-state index contributed by atoms with van der Waals surface area (Å²) in [5.74, 6) is 0.942. The molecule has 0 amide bonds. The number of hydrogen-bond donors (Lipinski definition) is 2. The van der Waals surface area contributed by atoms with Crippen LogP contribution < -0.4 is 15.5 Å². The number of anilines is 4. The summed E-state index contributed by atoms with van der Waals surface area (Å²) >= 11 is 0. The Hall–Kier alpha value is -2.27. The van der Waals surface area contributed by atoms with Gasteiger partial charge in [-0.25, -0.2) is 4.98 Å².